The normalized spacial score (nSPS) is 12.4. The molecule has 1 aromatic rings. The van der Waals surface area contributed by atoms with Gasteiger partial charge in [0.25, 0.3) is 0 Å². The maximum absolute atomic E-state index is 11.5. The van der Waals surface area contributed by atoms with E-state index in [2.05, 4.69) is 19.1 Å². The summed E-state index contributed by atoms with van der Waals surface area (Å²) in [6.07, 6.45) is 3.41. The van der Waals surface area contributed by atoms with Crippen LogP contribution in [0, 0.1) is 5.92 Å². The number of carbonyl (C=O) groups is 1. The van der Waals surface area contributed by atoms with Gasteiger partial charge in [-0.15, -0.1) is 0 Å². The number of hydrogen-bond acceptors (Lipinski definition) is 2. The van der Waals surface area contributed by atoms with Gasteiger partial charge in [-0.25, -0.2) is 0 Å². The summed E-state index contributed by atoms with van der Waals surface area (Å²) in [5, 5.41) is 0. The minimum atomic E-state index is -0.104. The van der Waals surface area contributed by atoms with Crippen LogP contribution in [0.1, 0.15) is 51.5 Å². The van der Waals surface area contributed by atoms with Crippen LogP contribution in [0.25, 0.3) is 0 Å². The zero-order valence-electron chi connectivity index (χ0n) is 11.7. The van der Waals surface area contributed by atoms with Crippen LogP contribution in [0.4, 0.5) is 0 Å². The van der Waals surface area contributed by atoms with Crippen LogP contribution in [0.5, 0.6) is 0 Å². The second kappa shape index (κ2) is 7.91. The molecule has 0 amide bonds. The molecule has 0 spiro atoms. The maximum Gasteiger partial charge on any atom is 0.308 e. The lowest BCUT2D eigenvalue weighted by atomic mass is 9.94. The molecule has 0 bridgehead atoms. The second-order valence-corrected chi connectivity index (χ2v) is 5.03. The van der Waals surface area contributed by atoms with Gasteiger partial charge in [-0.1, -0.05) is 63.9 Å². The molecule has 2 heteroatoms. The average Bonchev–Trinajstić information content (AvgIpc) is 2.39. The third-order valence-electron chi connectivity index (χ3n) is 3.08. The van der Waals surface area contributed by atoms with E-state index in [0.717, 1.165) is 6.42 Å². The lowest BCUT2D eigenvalue weighted by Gasteiger charge is -2.18. The average molecular weight is 248 g/mol. The van der Waals surface area contributed by atoms with E-state index in [-0.39, 0.29) is 11.9 Å². The molecule has 1 rings (SSSR count). The van der Waals surface area contributed by atoms with Crippen LogP contribution in [-0.4, -0.2) is 12.6 Å². The Balaban J connectivity index is 2.59. The molecule has 0 aliphatic heterocycles. The van der Waals surface area contributed by atoms with Crippen molar-refractivity contribution in [2.75, 3.05) is 6.61 Å². The van der Waals surface area contributed by atoms with E-state index in [1.807, 2.05) is 32.0 Å². The summed E-state index contributed by atoms with van der Waals surface area (Å²) in [5.41, 5.74) is 1.27. The Morgan fingerprint density at radius 2 is 1.89 bits per heavy atom. The summed E-state index contributed by atoms with van der Waals surface area (Å²) in [4.78, 5) is 11.5. The highest BCUT2D eigenvalue weighted by molar-refractivity contribution is 5.71. The Hall–Kier alpha value is -1.31. The molecule has 18 heavy (non-hydrogen) atoms. The van der Waals surface area contributed by atoms with E-state index in [9.17, 15) is 4.79 Å². The molecule has 0 saturated heterocycles. The topological polar surface area (TPSA) is 26.3 Å². The van der Waals surface area contributed by atoms with Crippen molar-refractivity contribution in [1.29, 1.82) is 0 Å². The first-order chi connectivity index (χ1) is 8.65. The predicted molar refractivity (Wildman–Crippen MR) is 74.5 cm³/mol. The summed E-state index contributed by atoms with van der Waals surface area (Å²) < 4.78 is 5.38. The first-order valence-electron chi connectivity index (χ1n) is 6.86. The van der Waals surface area contributed by atoms with Crippen molar-refractivity contribution >= 4 is 5.97 Å². The lowest BCUT2D eigenvalue weighted by molar-refractivity contribution is -0.147. The summed E-state index contributed by atoms with van der Waals surface area (Å²) in [7, 11) is 0. The molecule has 0 aromatic heterocycles. The molecular formula is C16H24O2. The monoisotopic (exact) mass is 248 g/mol. The SMILES string of the molecule is CCCCC(COC(=O)C(C)C)c1ccccc1. The molecule has 0 saturated carbocycles. The molecular weight excluding hydrogens is 224 g/mol. The minimum Gasteiger partial charge on any atom is -0.465 e. The number of benzene rings is 1. The van der Waals surface area contributed by atoms with Gasteiger partial charge in [0.05, 0.1) is 12.5 Å². The summed E-state index contributed by atoms with van der Waals surface area (Å²) in [6.45, 7) is 6.42. The number of ether oxygens (including phenoxy) is 1. The highest BCUT2D eigenvalue weighted by Gasteiger charge is 2.15. The first kappa shape index (κ1) is 14.7. The predicted octanol–water partition coefficient (Wildman–Crippen LogP) is 4.16. The van der Waals surface area contributed by atoms with Crippen LogP contribution in [0.2, 0.25) is 0 Å². The summed E-state index contributed by atoms with van der Waals surface area (Å²) >= 11 is 0. The van der Waals surface area contributed by atoms with Crippen LogP contribution < -0.4 is 0 Å². The van der Waals surface area contributed by atoms with Gasteiger partial charge in [0.15, 0.2) is 0 Å². The lowest BCUT2D eigenvalue weighted by Crippen LogP contribution is -2.17. The summed E-state index contributed by atoms with van der Waals surface area (Å²) in [5.74, 6) is 0.175. The largest absolute Gasteiger partial charge is 0.465 e. The van der Waals surface area contributed by atoms with E-state index < -0.39 is 0 Å². The van der Waals surface area contributed by atoms with Crippen LogP contribution in [-0.2, 0) is 9.53 Å². The number of hydrogen-bond donors (Lipinski definition) is 0. The standard InChI is InChI=1S/C16H24O2/c1-4-5-9-15(12-18-16(17)13(2)3)14-10-7-6-8-11-14/h6-8,10-11,13,15H,4-5,9,12H2,1-3H3. The van der Waals surface area contributed by atoms with Gasteiger partial charge in [0.2, 0.25) is 0 Å². The van der Waals surface area contributed by atoms with Gasteiger partial charge < -0.3 is 4.74 Å². The van der Waals surface area contributed by atoms with Gasteiger partial charge in [-0.3, -0.25) is 4.79 Å². The van der Waals surface area contributed by atoms with E-state index in [1.54, 1.807) is 0 Å². The van der Waals surface area contributed by atoms with Crippen molar-refractivity contribution < 1.29 is 9.53 Å². The zero-order valence-corrected chi connectivity index (χ0v) is 11.7. The molecule has 0 N–H and O–H groups in total. The Labute approximate surface area is 110 Å². The van der Waals surface area contributed by atoms with E-state index >= 15 is 0 Å². The van der Waals surface area contributed by atoms with Gasteiger partial charge in [0.1, 0.15) is 0 Å². The van der Waals surface area contributed by atoms with Gasteiger partial charge >= 0.3 is 5.97 Å². The molecule has 0 heterocycles. The molecule has 1 aromatic carbocycles. The Morgan fingerprint density at radius 1 is 1.22 bits per heavy atom. The smallest absolute Gasteiger partial charge is 0.308 e. The van der Waals surface area contributed by atoms with Gasteiger partial charge in [-0.2, -0.15) is 0 Å². The number of carbonyl (C=O) groups excluding carboxylic acids is 1. The molecule has 2 nitrogen and oxygen atoms in total. The van der Waals surface area contributed by atoms with Crippen molar-refractivity contribution in [2.45, 2.75) is 46.0 Å². The molecule has 100 valence electrons. The third-order valence-corrected chi connectivity index (χ3v) is 3.08. The van der Waals surface area contributed by atoms with Crippen LogP contribution in [0.3, 0.4) is 0 Å². The Morgan fingerprint density at radius 3 is 2.44 bits per heavy atom. The van der Waals surface area contributed by atoms with Crippen molar-refractivity contribution in [1.82, 2.24) is 0 Å². The van der Waals surface area contributed by atoms with Crippen molar-refractivity contribution in [2.24, 2.45) is 5.92 Å². The molecule has 0 aliphatic carbocycles. The molecule has 0 radical (unpaired) electrons. The van der Waals surface area contributed by atoms with E-state index in [1.165, 1.54) is 18.4 Å². The van der Waals surface area contributed by atoms with Crippen LogP contribution in [0.15, 0.2) is 30.3 Å². The van der Waals surface area contributed by atoms with Gasteiger partial charge in [-0.05, 0) is 12.0 Å². The van der Waals surface area contributed by atoms with Crippen molar-refractivity contribution in [3.63, 3.8) is 0 Å². The second-order valence-electron chi connectivity index (χ2n) is 5.03. The number of rotatable bonds is 7. The quantitative estimate of drug-likeness (QED) is 0.677. The minimum absolute atomic E-state index is 0.0485. The maximum atomic E-state index is 11.5. The number of esters is 1. The number of unbranched alkanes of at least 4 members (excludes halogenated alkanes) is 1. The fraction of sp³-hybridized carbons (Fsp3) is 0.562. The van der Waals surface area contributed by atoms with E-state index in [0.29, 0.717) is 12.5 Å². The molecule has 0 aliphatic rings. The zero-order chi connectivity index (χ0) is 13.4. The fourth-order valence-corrected chi connectivity index (χ4v) is 1.87. The Kier molecular flexibility index (Phi) is 6.48. The first-order valence-corrected chi connectivity index (χ1v) is 6.86. The third kappa shape index (κ3) is 4.91. The highest BCUT2D eigenvalue weighted by atomic mass is 16.5. The molecule has 1 atom stereocenters. The molecule has 0 fully saturated rings. The van der Waals surface area contributed by atoms with Crippen LogP contribution >= 0.6 is 0 Å². The van der Waals surface area contributed by atoms with Crippen molar-refractivity contribution in [3.8, 4) is 0 Å². The highest BCUT2D eigenvalue weighted by Crippen LogP contribution is 2.22. The fourth-order valence-electron chi connectivity index (χ4n) is 1.87. The van der Waals surface area contributed by atoms with Crippen molar-refractivity contribution in [3.05, 3.63) is 35.9 Å². The van der Waals surface area contributed by atoms with E-state index in [4.69, 9.17) is 4.74 Å². The Bertz CT molecular complexity index is 343. The summed E-state index contributed by atoms with van der Waals surface area (Å²) in [6, 6.07) is 10.3. The van der Waals surface area contributed by atoms with Gasteiger partial charge in [0, 0.05) is 5.92 Å². The molecule has 1 unspecified atom stereocenters.